The molecule has 0 spiro atoms. The van der Waals surface area contributed by atoms with Crippen molar-refractivity contribution in [2.45, 2.75) is 27.4 Å². The van der Waals surface area contributed by atoms with Crippen LogP contribution in [0, 0.1) is 25.5 Å². The van der Waals surface area contributed by atoms with Crippen molar-refractivity contribution in [2.24, 2.45) is 5.16 Å². The molecule has 1 heterocycles. The topological polar surface area (TPSA) is 26.5 Å². The molecule has 0 aliphatic carbocycles. The number of hydrogen-bond donors (Lipinski definition) is 0. The number of rotatable bonds is 6. The third kappa shape index (κ3) is 4.62. The third-order valence-corrected chi connectivity index (χ3v) is 5.36. The van der Waals surface area contributed by atoms with E-state index in [0.29, 0.717) is 11.3 Å². The van der Waals surface area contributed by atoms with Gasteiger partial charge in [-0.2, -0.15) is 0 Å². The molecule has 3 nitrogen and oxygen atoms in total. The molecule has 0 aliphatic rings. The average molecular weight is 430 g/mol. The van der Waals surface area contributed by atoms with Gasteiger partial charge in [-0.15, -0.1) is 0 Å². The van der Waals surface area contributed by atoms with Gasteiger partial charge in [0.25, 0.3) is 0 Å². The minimum atomic E-state index is -0.304. The lowest BCUT2D eigenvalue weighted by Gasteiger charge is -2.13. The number of oxime groups is 1. The predicted octanol–water partition coefficient (Wildman–Crippen LogP) is 6.98. The Morgan fingerprint density at radius 3 is 2.34 bits per heavy atom. The van der Waals surface area contributed by atoms with Crippen LogP contribution in [0.15, 0.2) is 84.0 Å². The van der Waals surface area contributed by atoms with Gasteiger partial charge in [0.15, 0.2) is 0 Å². The molecule has 32 heavy (non-hydrogen) atoms. The summed E-state index contributed by atoms with van der Waals surface area (Å²) in [5.41, 5.74) is 7.32. The number of nitrogens with zero attached hydrogens (tertiary/aromatic N) is 2. The van der Waals surface area contributed by atoms with Gasteiger partial charge in [-0.05, 0) is 92.1 Å². The fourth-order valence-electron chi connectivity index (χ4n) is 3.79. The molecule has 0 aliphatic heterocycles. The highest BCUT2D eigenvalue weighted by Gasteiger charge is 2.17. The number of aryl methyl sites for hydroxylation is 1. The summed E-state index contributed by atoms with van der Waals surface area (Å²) in [6, 6.07) is 23.0. The predicted molar refractivity (Wildman–Crippen MR) is 124 cm³/mol. The highest BCUT2D eigenvalue weighted by molar-refractivity contribution is 6.01. The van der Waals surface area contributed by atoms with Gasteiger partial charge in [-0.1, -0.05) is 29.4 Å². The second kappa shape index (κ2) is 9.18. The molecule has 0 saturated heterocycles. The first-order chi connectivity index (χ1) is 15.4. The van der Waals surface area contributed by atoms with Crippen LogP contribution in [-0.2, 0) is 11.4 Å². The van der Waals surface area contributed by atoms with Gasteiger partial charge in [-0.3, -0.25) is 0 Å². The van der Waals surface area contributed by atoms with E-state index in [1.807, 2.05) is 45.0 Å². The standard InChI is InChI=1S/C27H24F2N2O/c1-18-6-4-9-25(14-18)31-20(3)26(16-27(31)22-10-12-23(28)13-11-22)19(2)30-32-17-21-7-5-8-24(29)15-21/h4-16H,17H2,1-3H3. The van der Waals surface area contributed by atoms with Crippen LogP contribution < -0.4 is 0 Å². The molecule has 0 saturated carbocycles. The zero-order valence-corrected chi connectivity index (χ0v) is 18.3. The zero-order chi connectivity index (χ0) is 22.7. The molecule has 0 unspecified atom stereocenters. The number of halogens is 2. The van der Waals surface area contributed by atoms with E-state index in [4.69, 9.17) is 4.84 Å². The molecular formula is C27H24F2N2O. The van der Waals surface area contributed by atoms with Crippen LogP contribution in [0.4, 0.5) is 8.78 Å². The first-order valence-electron chi connectivity index (χ1n) is 10.4. The summed E-state index contributed by atoms with van der Waals surface area (Å²) in [5, 5.41) is 4.27. The monoisotopic (exact) mass is 430 g/mol. The molecule has 4 aromatic rings. The SMILES string of the molecule is CC(=NOCc1cccc(F)c1)c1cc(-c2ccc(F)cc2)n(-c2cccc(C)c2)c1C. The Morgan fingerprint density at radius 1 is 0.875 bits per heavy atom. The zero-order valence-electron chi connectivity index (χ0n) is 18.3. The summed E-state index contributed by atoms with van der Waals surface area (Å²) in [6.45, 7) is 6.13. The molecule has 1 aromatic heterocycles. The van der Waals surface area contributed by atoms with E-state index < -0.39 is 0 Å². The summed E-state index contributed by atoms with van der Waals surface area (Å²) >= 11 is 0. The Hall–Kier alpha value is -3.73. The summed E-state index contributed by atoms with van der Waals surface area (Å²) in [5.74, 6) is -0.579. The van der Waals surface area contributed by atoms with Crippen molar-refractivity contribution < 1.29 is 13.6 Å². The quantitative estimate of drug-likeness (QED) is 0.239. The van der Waals surface area contributed by atoms with Gasteiger partial charge in [0.2, 0.25) is 0 Å². The van der Waals surface area contributed by atoms with Crippen molar-refractivity contribution in [3.8, 4) is 16.9 Å². The van der Waals surface area contributed by atoms with Crippen LogP contribution in [0.3, 0.4) is 0 Å². The second-order valence-electron chi connectivity index (χ2n) is 7.79. The molecule has 0 N–H and O–H groups in total. The van der Waals surface area contributed by atoms with Gasteiger partial charge in [-0.25, -0.2) is 8.78 Å². The van der Waals surface area contributed by atoms with Gasteiger partial charge in [0.05, 0.1) is 11.4 Å². The van der Waals surface area contributed by atoms with E-state index in [1.165, 1.54) is 24.3 Å². The molecule has 0 bridgehead atoms. The highest BCUT2D eigenvalue weighted by Crippen LogP contribution is 2.30. The first-order valence-corrected chi connectivity index (χ1v) is 10.4. The van der Waals surface area contributed by atoms with Gasteiger partial charge in [0, 0.05) is 16.9 Å². The van der Waals surface area contributed by atoms with E-state index in [1.54, 1.807) is 24.3 Å². The number of benzene rings is 3. The van der Waals surface area contributed by atoms with Crippen molar-refractivity contribution in [1.29, 1.82) is 0 Å². The Morgan fingerprint density at radius 2 is 1.62 bits per heavy atom. The highest BCUT2D eigenvalue weighted by atomic mass is 19.1. The molecule has 3 aromatic carbocycles. The first kappa shape index (κ1) is 21.5. The number of hydrogen-bond acceptors (Lipinski definition) is 2. The van der Waals surface area contributed by atoms with Gasteiger partial charge >= 0.3 is 0 Å². The summed E-state index contributed by atoms with van der Waals surface area (Å²) in [7, 11) is 0. The maximum atomic E-state index is 13.5. The van der Waals surface area contributed by atoms with Crippen molar-refractivity contribution in [1.82, 2.24) is 4.57 Å². The molecular weight excluding hydrogens is 406 g/mol. The molecule has 0 atom stereocenters. The van der Waals surface area contributed by atoms with Gasteiger partial charge in [0.1, 0.15) is 18.2 Å². The Labute approximate surface area is 186 Å². The Balaban J connectivity index is 1.72. The Bertz CT molecular complexity index is 1270. The van der Waals surface area contributed by atoms with Crippen molar-refractivity contribution in [3.63, 3.8) is 0 Å². The van der Waals surface area contributed by atoms with E-state index >= 15 is 0 Å². The second-order valence-corrected chi connectivity index (χ2v) is 7.79. The summed E-state index contributed by atoms with van der Waals surface area (Å²) in [6.07, 6.45) is 0. The van der Waals surface area contributed by atoms with E-state index in [0.717, 1.165) is 33.8 Å². The lowest BCUT2D eigenvalue weighted by molar-refractivity contribution is 0.130. The van der Waals surface area contributed by atoms with E-state index in [2.05, 4.69) is 15.8 Å². The molecule has 0 amide bonds. The van der Waals surface area contributed by atoms with Crippen molar-refractivity contribution in [3.05, 3.63) is 113 Å². The van der Waals surface area contributed by atoms with E-state index in [-0.39, 0.29) is 18.2 Å². The fraction of sp³-hybridized carbons (Fsp3) is 0.148. The van der Waals surface area contributed by atoms with Crippen LogP contribution in [-0.4, -0.2) is 10.3 Å². The Kier molecular flexibility index (Phi) is 6.17. The molecule has 0 fully saturated rings. The normalized spacial score (nSPS) is 11.6. The molecule has 4 rings (SSSR count). The smallest absolute Gasteiger partial charge is 0.142 e. The lowest BCUT2D eigenvalue weighted by Crippen LogP contribution is -2.03. The molecule has 0 radical (unpaired) electrons. The molecule has 5 heteroatoms. The minimum Gasteiger partial charge on any atom is -0.391 e. The van der Waals surface area contributed by atoms with Crippen LogP contribution >= 0.6 is 0 Å². The van der Waals surface area contributed by atoms with Gasteiger partial charge < -0.3 is 9.40 Å². The average Bonchev–Trinajstić information content (AvgIpc) is 3.11. The molecule has 162 valence electrons. The maximum Gasteiger partial charge on any atom is 0.142 e. The third-order valence-electron chi connectivity index (χ3n) is 5.36. The largest absolute Gasteiger partial charge is 0.391 e. The summed E-state index contributed by atoms with van der Waals surface area (Å²) < 4.78 is 29.0. The van der Waals surface area contributed by atoms with Crippen molar-refractivity contribution in [2.75, 3.05) is 0 Å². The fourth-order valence-corrected chi connectivity index (χ4v) is 3.79. The lowest BCUT2D eigenvalue weighted by atomic mass is 10.1. The van der Waals surface area contributed by atoms with Crippen LogP contribution in [0.25, 0.3) is 16.9 Å². The number of aromatic nitrogens is 1. The van der Waals surface area contributed by atoms with E-state index in [9.17, 15) is 8.78 Å². The van der Waals surface area contributed by atoms with Crippen LogP contribution in [0.2, 0.25) is 0 Å². The van der Waals surface area contributed by atoms with Crippen LogP contribution in [0.1, 0.15) is 29.3 Å². The summed E-state index contributed by atoms with van der Waals surface area (Å²) in [4.78, 5) is 5.50. The maximum absolute atomic E-state index is 13.5. The van der Waals surface area contributed by atoms with Crippen LogP contribution in [0.5, 0.6) is 0 Å². The van der Waals surface area contributed by atoms with Crippen molar-refractivity contribution >= 4 is 5.71 Å². The minimum absolute atomic E-state index is 0.178.